The fraction of sp³-hybridized carbons (Fsp3) is 0.429. The number of hydrogen-bond donors (Lipinski definition) is 1. The highest BCUT2D eigenvalue weighted by Crippen LogP contribution is 2.34. The van der Waals surface area contributed by atoms with Crippen LogP contribution in [0.5, 0.6) is 0 Å². The minimum atomic E-state index is 0.415. The number of ether oxygens (including phenoxy) is 1. The van der Waals surface area contributed by atoms with Gasteiger partial charge in [-0.3, -0.25) is 0 Å². The highest BCUT2D eigenvalue weighted by atomic mass is 16.5. The van der Waals surface area contributed by atoms with Crippen molar-refractivity contribution < 1.29 is 4.74 Å². The van der Waals surface area contributed by atoms with E-state index in [9.17, 15) is 0 Å². The molecule has 5 nitrogen and oxygen atoms in total. The first-order valence-electron chi connectivity index (χ1n) is 6.59. The Kier molecular flexibility index (Phi) is 3.46. The van der Waals surface area contributed by atoms with Gasteiger partial charge < -0.3 is 10.1 Å². The second-order valence-electron chi connectivity index (χ2n) is 4.91. The van der Waals surface area contributed by atoms with Crippen molar-refractivity contribution in [2.24, 2.45) is 5.92 Å². The SMILES string of the molecule is COCC(Nc1ccc(-n2nccn2)cc1)C1CC1. The van der Waals surface area contributed by atoms with Crippen molar-refractivity contribution in [3.8, 4) is 5.69 Å². The summed E-state index contributed by atoms with van der Waals surface area (Å²) < 4.78 is 5.27. The lowest BCUT2D eigenvalue weighted by Gasteiger charge is -2.18. The predicted octanol–water partition coefficient (Wildman–Crippen LogP) is 2.10. The van der Waals surface area contributed by atoms with Crippen LogP contribution in [0.1, 0.15) is 12.8 Å². The van der Waals surface area contributed by atoms with Crippen molar-refractivity contribution in [1.82, 2.24) is 15.0 Å². The van der Waals surface area contributed by atoms with E-state index < -0.39 is 0 Å². The molecule has 0 bridgehead atoms. The van der Waals surface area contributed by atoms with Crippen LogP contribution in [0.3, 0.4) is 0 Å². The topological polar surface area (TPSA) is 52.0 Å². The molecule has 100 valence electrons. The lowest BCUT2D eigenvalue weighted by atomic mass is 10.2. The number of rotatable bonds is 6. The van der Waals surface area contributed by atoms with Gasteiger partial charge in [0.05, 0.1) is 30.7 Å². The molecular weight excluding hydrogens is 240 g/mol. The number of hydrogen-bond acceptors (Lipinski definition) is 4. The molecule has 0 spiro atoms. The zero-order valence-electron chi connectivity index (χ0n) is 11.0. The molecule has 1 heterocycles. The number of benzene rings is 1. The Morgan fingerprint density at radius 1 is 1.26 bits per heavy atom. The van der Waals surface area contributed by atoms with Crippen molar-refractivity contribution in [2.75, 3.05) is 19.0 Å². The molecule has 1 aliphatic rings. The fourth-order valence-electron chi connectivity index (χ4n) is 2.23. The summed E-state index contributed by atoms with van der Waals surface area (Å²) in [4.78, 5) is 1.61. The summed E-state index contributed by atoms with van der Waals surface area (Å²) in [7, 11) is 1.75. The zero-order chi connectivity index (χ0) is 13.1. The van der Waals surface area contributed by atoms with Gasteiger partial charge in [0.2, 0.25) is 0 Å². The van der Waals surface area contributed by atoms with Crippen LogP contribution in [-0.4, -0.2) is 34.8 Å². The van der Waals surface area contributed by atoms with E-state index >= 15 is 0 Å². The predicted molar refractivity (Wildman–Crippen MR) is 73.4 cm³/mol. The number of anilines is 1. The van der Waals surface area contributed by atoms with E-state index in [-0.39, 0.29) is 0 Å². The molecule has 1 aromatic heterocycles. The molecule has 0 aliphatic heterocycles. The Morgan fingerprint density at radius 3 is 2.53 bits per heavy atom. The average molecular weight is 258 g/mol. The maximum Gasteiger partial charge on any atom is 0.0858 e. The third kappa shape index (κ3) is 2.93. The maximum atomic E-state index is 5.27. The number of methoxy groups -OCH3 is 1. The summed E-state index contributed by atoms with van der Waals surface area (Å²) in [6, 6.07) is 8.56. The standard InChI is InChI=1S/C14H18N4O/c1-19-10-14(11-2-3-11)17-12-4-6-13(7-5-12)18-15-8-9-16-18/h4-9,11,14,17H,2-3,10H2,1H3. The largest absolute Gasteiger partial charge is 0.383 e. The summed E-state index contributed by atoms with van der Waals surface area (Å²) in [5, 5.41) is 11.8. The van der Waals surface area contributed by atoms with E-state index in [2.05, 4.69) is 27.6 Å². The number of nitrogens with zero attached hydrogens (tertiary/aromatic N) is 3. The highest BCUT2D eigenvalue weighted by molar-refractivity contribution is 5.49. The minimum absolute atomic E-state index is 0.415. The van der Waals surface area contributed by atoms with E-state index in [4.69, 9.17) is 4.74 Å². The van der Waals surface area contributed by atoms with E-state index in [0.717, 1.165) is 23.9 Å². The minimum Gasteiger partial charge on any atom is -0.383 e. The maximum absolute atomic E-state index is 5.27. The van der Waals surface area contributed by atoms with Crippen LogP contribution >= 0.6 is 0 Å². The first-order valence-corrected chi connectivity index (χ1v) is 6.59. The van der Waals surface area contributed by atoms with Crippen molar-refractivity contribution in [2.45, 2.75) is 18.9 Å². The fourth-order valence-corrected chi connectivity index (χ4v) is 2.23. The van der Waals surface area contributed by atoms with Gasteiger partial charge in [-0.1, -0.05) is 0 Å². The van der Waals surface area contributed by atoms with Gasteiger partial charge in [-0.05, 0) is 43.0 Å². The van der Waals surface area contributed by atoms with Crippen LogP contribution in [0.4, 0.5) is 5.69 Å². The Bertz CT molecular complexity index is 505. The Morgan fingerprint density at radius 2 is 1.95 bits per heavy atom. The van der Waals surface area contributed by atoms with Gasteiger partial charge in [0.1, 0.15) is 0 Å². The van der Waals surface area contributed by atoms with Gasteiger partial charge in [0.15, 0.2) is 0 Å². The van der Waals surface area contributed by atoms with E-state index in [1.807, 2.05) is 12.1 Å². The van der Waals surface area contributed by atoms with E-state index in [1.54, 1.807) is 24.3 Å². The molecular formula is C14H18N4O. The molecule has 3 rings (SSSR count). The zero-order valence-corrected chi connectivity index (χ0v) is 11.0. The molecule has 19 heavy (non-hydrogen) atoms. The quantitative estimate of drug-likeness (QED) is 0.862. The summed E-state index contributed by atoms with van der Waals surface area (Å²) >= 11 is 0. The molecule has 1 N–H and O–H groups in total. The summed E-state index contributed by atoms with van der Waals surface area (Å²) in [6.45, 7) is 0.757. The second kappa shape index (κ2) is 5.40. The summed E-state index contributed by atoms with van der Waals surface area (Å²) in [5.74, 6) is 0.757. The second-order valence-corrected chi connectivity index (χ2v) is 4.91. The van der Waals surface area contributed by atoms with Crippen molar-refractivity contribution >= 4 is 5.69 Å². The first-order chi connectivity index (χ1) is 9.36. The highest BCUT2D eigenvalue weighted by Gasteiger charge is 2.30. The van der Waals surface area contributed by atoms with Crippen LogP contribution < -0.4 is 5.32 Å². The van der Waals surface area contributed by atoms with Crippen LogP contribution in [0.15, 0.2) is 36.7 Å². The van der Waals surface area contributed by atoms with Crippen molar-refractivity contribution in [3.05, 3.63) is 36.7 Å². The normalized spacial score (nSPS) is 16.3. The molecule has 0 radical (unpaired) electrons. The third-order valence-electron chi connectivity index (χ3n) is 3.41. The Balaban J connectivity index is 1.68. The van der Waals surface area contributed by atoms with Gasteiger partial charge in [-0.25, -0.2) is 0 Å². The van der Waals surface area contributed by atoms with E-state index in [1.165, 1.54) is 12.8 Å². The summed E-state index contributed by atoms with van der Waals surface area (Å²) in [6.07, 6.45) is 5.95. The molecule has 1 saturated carbocycles. The molecule has 1 aromatic carbocycles. The van der Waals surface area contributed by atoms with Crippen molar-refractivity contribution in [1.29, 1.82) is 0 Å². The molecule has 1 aliphatic carbocycles. The van der Waals surface area contributed by atoms with E-state index in [0.29, 0.717) is 6.04 Å². The van der Waals surface area contributed by atoms with Gasteiger partial charge in [-0.2, -0.15) is 15.0 Å². The molecule has 0 saturated heterocycles. The number of aromatic nitrogens is 3. The van der Waals surface area contributed by atoms with Crippen molar-refractivity contribution in [3.63, 3.8) is 0 Å². The lowest BCUT2D eigenvalue weighted by molar-refractivity contribution is 0.179. The Labute approximate surface area is 112 Å². The van der Waals surface area contributed by atoms with Crippen LogP contribution in [-0.2, 0) is 4.74 Å². The van der Waals surface area contributed by atoms with Crippen LogP contribution in [0.2, 0.25) is 0 Å². The Hall–Kier alpha value is -1.88. The summed E-state index contributed by atoms with van der Waals surface area (Å²) in [5.41, 5.74) is 2.08. The van der Waals surface area contributed by atoms with Gasteiger partial charge in [-0.15, -0.1) is 0 Å². The number of nitrogens with one attached hydrogen (secondary N) is 1. The monoisotopic (exact) mass is 258 g/mol. The van der Waals surface area contributed by atoms with Gasteiger partial charge in [0.25, 0.3) is 0 Å². The molecule has 2 aromatic rings. The molecule has 5 heteroatoms. The first kappa shape index (κ1) is 12.2. The molecule has 1 atom stereocenters. The third-order valence-corrected chi connectivity index (χ3v) is 3.41. The van der Waals surface area contributed by atoms with Gasteiger partial charge >= 0.3 is 0 Å². The molecule has 1 unspecified atom stereocenters. The molecule has 1 fully saturated rings. The van der Waals surface area contributed by atoms with Gasteiger partial charge in [0, 0.05) is 12.8 Å². The molecule has 0 amide bonds. The lowest BCUT2D eigenvalue weighted by Crippen LogP contribution is -2.27. The van der Waals surface area contributed by atoms with Crippen LogP contribution in [0, 0.1) is 5.92 Å². The van der Waals surface area contributed by atoms with Crippen LogP contribution in [0.25, 0.3) is 5.69 Å². The smallest absolute Gasteiger partial charge is 0.0858 e. The average Bonchev–Trinajstić information content (AvgIpc) is 3.14.